The lowest BCUT2D eigenvalue weighted by Gasteiger charge is -2.12. The molecule has 1 heterocycles. The van der Waals surface area contributed by atoms with E-state index in [1.54, 1.807) is 24.4 Å². The highest BCUT2D eigenvalue weighted by molar-refractivity contribution is 5.97. The van der Waals surface area contributed by atoms with Gasteiger partial charge < -0.3 is 15.4 Å². The number of aliphatic hydroxyl groups excluding tert-OH is 1. The first-order chi connectivity index (χ1) is 10.6. The molecular formula is C17H15FN2O2. The number of amides is 1. The van der Waals surface area contributed by atoms with Crippen LogP contribution in [0.5, 0.6) is 0 Å². The Hall–Kier alpha value is -2.66. The van der Waals surface area contributed by atoms with Crippen molar-refractivity contribution in [2.45, 2.75) is 6.10 Å². The van der Waals surface area contributed by atoms with E-state index in [9.17, 15) is 14.3 Å². The molecule has 0 bridgehead atoms. The molecule has 2 aromatic carbocycles. The Balaban J connectivity index is 1.66. The van der Waals surface area contributed by atoms with Crippen LogP contribution in [-0.4, -0.2) is 22.5 Å². The number of aliphatic hydroxyl groups is 1. The molecule has 3 N–H and O–H groups in total. The summed E-state index contributed by atoms with van der Waals surface area (Å²) in [5.74, 6) is -0.702. The van der Waals surface area contributed by atoms with E-state index < -0.39 is 11.9 Å². The normalized spacial score (nSPS) is 12.3. The van der Waals surface area contributed by atoms with Crippen LogP contribution in [0.3, 0.4) is 0 Å². The number of halogens is 1. The van der Waals surface area contributed by atoms with Gasteiger partial charge in [0.05, 0.1) is 6.10 Å². The quantitative estimate of drug-likeness (QED) is 0.693. The summed E-state index contributed by atoms with van der Waals surface area (Å²) in [7, 11) is 0. The van der Waals surface area contributed by atoms with E-state index in [2.05, 4.69) is 10.3 Å². The van der Waals surface area contributed by atoms with Gasteiger partial charge in [0.15, 0.2) is 0 Å². The largest absolute Gasteiger partial charge is 0.387 e. The van der Waals surface area contributed by atoms with Gasteiger partial charge in [-0.1, -0.05) is 18.2 Å². The Morgan fingerprint density at radius 3 is 2.91 bits per heavy atom. The molecule has 0 radical (unpaired) electrons. The number of nitrogens with one attached hydrogen (secondary N) is 2. The van der Waals surface area contributed by atoms with Crippen molar-refractivity contribution >= 4 is 16.8 Å². The van der Waals surface area contributed by atoms with Crippen LogP contribution in [-0.2, 0) is 0 Å². The van der Waals surface area contributed by atoms with E-state index >= 15 is 0 Å². The van der Waals surface area contributed by atoms with Crippen LogP contribution in [0.4, 0.5) is 4.39 Å². The predicted octanol–water partition coefficient (Wildman–Crippen LogP) is 2.77. The number of fused-ring (bicyclic) bond motifs is 1. The van der Waals surface area contributed by atoms with Gasteiger partial charge in [0.2, 0.25) is 0 Å². The van der Waals surface area contributed by atoms with Gasteiger partial charge in [-0.05, 0) is 41.3 Å². The van der Waals surface area contributed by atoms with Gasteiger partial charge in [-0.15, -0.1) is 0 Å². The zero-order chi connectivity index (χ0) is 15.5. The average Bonchev–Trinajstić information content (AvgIpc) is 2.99. The summed E-state index contributed by atoms with van der Waals surface area (Å²) in [6, 6.07) is 12.9. The monoisotopic (exact) mass is 298 g/mol. The lowest BCUT2D eigenvalue weighted by Crippen LogP contribution is -2.28. The molecule has 1 aromatic heterocycles. The van der Waals surface area contributed by atoms with Crippen molar-refractivity contribution < 1.29 is 14.3 Å². The standard InChI is InChI=1S/C17H15FN2O2/c18-14-3-1-2-12(8-14)16(21)10-20-17(22)13-5-4-11-6-7-19-15(11)9-13/h1-9,16,19,21H,10H2,(H,20,22). The van der Waals surface area contributed by atoms with Crippen LogP contribution in [0, 0.1) is 5.82 Å². The number of aromatic amines is 1. The minimum Gasteiger partial charge on any atom is -0.387 e. The molecule has 3 aromatic rings. The summed E-state index contributed by atoms with van der Waals surface area (Å²) in [5.41, 5.74) is 1.81. The van der Waals surface area contributed by atoms with Crippen molar-refractivity contribution in [1.29, 1.82) is 0 Å². The van der Waals surface area contributed by atoms with Crippen molar-refractivity contribution in [3.8, 4) is 0 Å². The first-order valence-electron chi connectivity index (χ1n) is 6.92. The van der Waals surface area contributed by atoms with Gasteiger partial charge in [-0.3, -0.25) is 4.79 Å². The molecule has 1 atom stereocenters. The molecule has 22 heavy (non-hydrogen) atoms. The Morgan fingerprint density at radius 1 is 1.23 bits per heavy atom. The highest BCUT2D eigenvalue weighted by atomic mass is 19.1. The molecule has 0 aliphatic carbocycles. The van der Waals surface area contributed by atoms with Gasteiger partial charge in [-0.25, -0.2) is 4.39 Å². The molecule has 0 saturated carbocycles. The lowest BCUT2D eigenvalue weighted by molar-refractivity contribution is 0.0916. The van der Waals surface area contributed by atoms with Crippen molar-refractivity contribution in [2.24, 2.45) is 0 Å². The summed E-state index contributed by atoms with van der Waals surface area (Å²) in [6.07, 6.45) is 0.855. The van der Waals surface area contributed by atoms with Crippen LogP contribution in [0.15, 0.2) is 54.7 Å². The summed E-state index contributed by atoms with van der Waals surface area (Å²) < 4.78 is 13.1. The highest BCUT2D eigenvalue weighted by Crippen LogP contribution is 2.15. The number of hydrogen-bond acceptors (Lipinski definition) is 2. The number of carbonyl (C=O) groups is 1. The number of carbonyl (C=O) groups excluding carboxylic acids is 1. The van der Waals surface area contributed by atoms with Crippen molar-refractivity contribution in [3.63, 3.8) is 0 Å². The van der Waals surface area contributed by atoms with E-state index in [0.29, 0.717) is 11.1 Å². The smallest absolute Gasteiger partial charge is 0.251 e. The molecule has 112 valence electrons. The van der Waals surface area contributed by atoms with Crippen molar-refractivity contribution in [2.75, 3.05) is 6.54 Å². The van der Waals surface area contributed by atoms with Gasteiger partial charge in [0, 0.05) is 23.8 Å². The number of benzene rings is 2. The molecule has 0 aliphatic rings. The first-order valence-corrected chi connectivity index (χ1v) is 6.92. The summed E-state index contributed by atoms with van der Waals surface area (Å²) in [6.45, 7) is 0.0189. The fourth-order valence-electron chi connectivity index (χ4n) is 2.31. The molecule has 1 unspecified atom stereocenters. The third-order valence-corrected chi connectivity index (χ3v) is 3.51. The fraction of sp³-hybridized carbons (Fsp3) is 0.118. The zero-order valence-electron chi connectivity index (χ0n) is 11.7. The molecule has 1 amide bonds. The molecular weight excluding hydrogens is 283 g/mol. The average molecular weight is 298 g/mol. The van der Waals surface area contributed by atoms with Crippen LogP contribution >= 0.6 is 0 Å². The summed E-state index contributed by atoms with van der Waals surface area (Å²) in [4.78, 5) is 15.1. The number of hydrogen-bond donors (Lipinski definition) is 3. The Morgan fingerprint density at radius 2 is 2.09 bits per heavy atom. The maximum absolute atomic E-state index is 13.1. The fourth-order valence-corrected chi connectivity index (χ4v) is 2.31. The number of rotatable bonds is 4. The second-order valence-corrected chi connectivity index (χ2v) is 5.06. The molecule has 0 spiro atoms. The molecule has 4 nitrogen and oxygen atoms in total. The van der Waals surface area contributed by atoms with Crippen LogP contribution < -0.4 is 5.32 Å². The number of aromatic nitrogens is 1. The topological polar surface area (TPSA) is 65.1 Å². The van der Waals surface area contributed by atoms with Crippen LogP contribution in [0.1, 0.15) is 22.0 Å². The van der Waals surface area contributed by atoms with E-state index in [4.69, 9.17) is 0 Å². The molecule has 0 aliphatic heterocycles. The molecule has 3 rings (SSSR count). The highest BCUT2D eigenvalue weighted by Gasteiger charge is 2.12. The Labute approximate surface area is 126 Å². The van der Waals surface area contributed by atoms with Crippen LogP contribution in [0.25, 0.3) is 10.9 Å². The van der Waals surface area contributed by atoms with Gasteiger partial charge >= 0.3 is 0 Å². The Kier molecular flexibility index (Phi) is 3.89. The van der Waals surface area contributed by atoms with Gasteiger partial charge in [0.1, 0.15) is 5.82 Å². The van der Waals surface area contributed by atoms with Crippen molar-refractivity contribution in [3.05, 3.63) is 71.7 Å². The van der Waals surface area contributed by atoms with Gasteiger partial charge in [-0.2, -0.15) is 0 Å². The minimum absolute atomic E-state index is 0.0189. The maximum atomic E-state index is 13.1. The predicted molar refractivity (Wildman–Crippen MR) is 82.0 cm³/mol. The zero-order valence-corrected chi connectivity index (χ0v) is 11.7. The molecule has 5 heteroatoms. The third-order valence-electron chi connectivity index (χ3n) is 3.51. The minimum atomic E-state index is -0.950. The van der Waals surface area contributed by atoms with E-state index in [1.165, 1.54) is 18.2 Å². The lowest BCUT2D eigenvalue weighted by atomic mass is 10.1. The maximum Gasteiger partial charge on any atom is 0.251 e. The Bertz CT molecular complexity index is 813. The van der Waals surface area contributed by atoms with E-state index in [-0.39, 0.29) is 12.5 Å². The van der Waals surface area contributed by atoms with E-state index in [0.717, 1.165) is 10.9 Å². The number of H-pyrrole nitrogens is 1. The molecule has 0 saturated heterocycles. The van der Waals surface area contributed by atoms with Crippen LogP contribution in [0.2, 0.25) is 0 Å². The van der Waals surface area contributed by atoms with E-state index in [1.807, 2.05) is 12.1 Å². The summed E-state index contributed by atoms with van der Waals surface area (Å²) >= 11 is 0. The second-order valence-electron chi connectivity index (χ2n) is 5.06. The molecule has 0 fully saturated rings. The summed E-state index contributed by atoms with van der Waals surface area (Å²) in [5, 5.41) is 13.7. The SMILES string of the molecule is O=C(NCC(O)c1cccc(F)c1)c1ccc2cc[nH]c2c1. The second kappa shape index (κ2) is 5.99. The third kappa shape index (κ3) is 2.99. The van der Waals surface area contributed by atoms with Gasteiger partial charge in [0.25, 0.3) is 5.91 Å². The van der Waals surface area contributed by atoms with Crippen molar-refractivity contribution in [1.82, 2.24) is 10.3 Å². The first kappa shape index (κ1) is 14.3.